The lowest BCUT2D eigenvalue weighted by Gasteiger charge is -2.44. The fraction of sp³-hybridized carbons (Fsp3) is 0. The molecule has 0 unspecified atom stereocenters. The van der Waals surface area contributed by atoms with E-state index >= 15 is 0 Å². The Hall–Kier alpha value is -11.8. The van der Waals surface area contributed by atoms with Crippen molar-refractivity contribution in [1.29, 1.82) is 0 Å². The standard InChI is InChI=1S/C90H64BN3Si2/c1-7-37-72(38-8-1)95(73-39-9-2-10-40-73,74-41-11-3-12-42-74)78-49-29-33-67(61-78)65-31-27-35-69(59-65)92-86-57-25-21-53-82(86)91-83-54-22-26-58-87(83)93(89-64-71(63-88(92)90(89)91)94-84-55-23-19-51-80(84)81-52-20-24-56-85(81)94)70-36-28-32-66(60-70)68-34-30-50-79(62-68)96(75-43-13-4-14-44-75,76-45-15-5-16-46-76)77-47-17-6-18-48-77/h1-64H. The molecule has 0 radical (unpaired) electrons. The minimum atomic E-state index is -2.84. The number of aromatic nitrogens is 1. The molecule has 0 saturated carbocycles. The van der Waals surface area contributed by atoms with Crippen LogP contribution in [-0.2, 0) is 0 Å². The van der Waals surface area contributed by atoms with Crippen LogP contribution in [0.2, 0.25) is 0 Å². The zero-order valence-electron chi connectivity index (χ0n) is 52.9. The number of hydrogen-bond acceptors (Lipinski definition) is 2. The molecule has 15 aromatic carbocycles. The molecule has 0 bridgehead atoms. The van der Waals surface area contributed by atoms with Crippen LogP contribution in [0.15, 0.2) is 388 Å². The Morgan fingerprint density at radius 1 is 0.208 bits per heavy atom. The highest BCUT2D eigenvalue weighted by Crippen LogP contribution is 2.47. The summed E-state index contributed by atoms with van der Waals surface area (Å²) in [5.74, 6) is 0. The van der Waals surface area contributed by atoms with Crippen molar-refractivity contribution in [2.45, 2.75) is 0 Å². The summed E-state index contributed by atoms with van der Waals surface area (Å²) in [6, 6.07) is 146. The van der Waals surface area contributed by atoms with Crippen molar-refractivity contribution in [3.63, 3.8) is 0 Å². The molecule has 0 N–H and O–H groups in total. The molecular formula is C90H64BN3Si2. The average molecular weight is 1250 g/mol. The summed E-state index contributed by atoms with van der Waals surface area (Å²) in [7, 11) is -5.68. The number of anilines is 6. The van der Waals surface area contributed by atoms with Crippen LogP contribution in [0.1, 0.15) is 0 Å². The molecule has 96 heavy (non-hydrogen) atoms. The van der Waals surface area contributed by atoms with Gasteiger partial charge in [-0.25, -0.2) is 0 Å². The second kappa shape index (κ2) is 23.6. The zero-order valence-corrected chi connectivity index (χ0v) is 54.9. The fourth-order valence-corrected chi connectivity index (χ4v) is 26.0. The number of benzene rings is 15. The maximum atomic E-state index is 2.57. The van der Waals surface area contributed by atoms with E-state index in [1.807, 2.05) is 0 Å². The van der Waals surface area contributed by atoms with E-state index in [1.165, 1.54) is 102 Å². The normalized spacial score (nSPS) is 12.5. The first-order valence-electron chi connectivity index (χ1n) is 33.3. The molecule has 1 aromatic heterocycles. The average Bonchev–Trinajstić information content (AvgIpc) is 0.853. The van der Waals surface area contributed by atoms with Gasteiger partial charge in [-0.3, -0.25) is 0 Å². The van der Waals surface area contributed by atoms with Gasteiger partial charge in [0.15, 0.2) is 16.1 Å². The van der Waals surface area contributed by atoms with E-state index in [0.717, 1.165) is 39.6 Å². The van der Waals surface area contributed by atoms with Gasteiger partial charge in [-0.05, 0) is 141 Å². The maximum absolute atomic E-state index is 2.84. The van der Waals surface area contributed by atoms with E-state index in [9.17, 15) is 0 Å². The number of hydrogen-bond donors (Lipinski definition) is 0. The molecule has 3 nitrogen and oxygen atoms in total. The first-order valence-corrected chi connectivity index (χ1v) is 37.3. The van der Waals surface area contributed by atoms with Crippen LogP contribution in [0.3, 0.4) is 0 Å². The molecule has 0 atom stereocenters. The van der Waals surface area contributed by atoms with E-state index in [4.69, 9.17) is 0 Å². The first-order chi connectivity index (χ1) is 47.6. The van der Waals surface area contributed by atoms with Crippen molar-refractivity contribution in [3.05, 3.63) is 388 Å². The number of fused-ring (bicyclic) bond motifs is 7. The summed E-state index contributed by atoms with van der Waals surface area (Å²) >= 11 is 0. The van der Waals surface area contributed by atoms with Crippen LogP contribution in [0, 0.1) is 0 Å². The van der Waals surface area contributed by atoms with Crippen LogP contribution in [0.5, 0.6) is 0 Å². The lowest BCUT2D eigenvalue weighted by atomic mass is 9.33. The molecule has 16 aromatic rings. The Kier molecular flexibility index (Phi) is 14.0. The summed E-state index contributed by atoms with van der Waals surface area (Å²) in [6.45, 7) is -0.0686. The molecular weight excluding hydrogens is 1190 g/mol. The summed E-state index contributed by atoms with van der Waals surface area (Å²) in [5, 5.41) is 13.2. The van der Waals surface area contributed by atoms with Crippen LogP contribution in [0.4, 0.5) is 34.1 Å². The summed E-state index contributed by atoms with van der Waals surface area (Å²) in [4.78, 5) is 5.14. The second-order valence-electron chi connectivity index (χ2n) is 25.4. The highest BCUT2D eigenvalue weighted by molar-refractivity contribution is 7.20. The molecule has 18 rings (SSSR count). The molecule has 2 aliphatic heterocycles. The van der Waals surface area contributed by atoms with E-state index in [-0.39, 0.29) is 6.71 Å². The molecule has 2 aliphatic rings. The van der Waals surface area contributed by atoms with Crippen molar-refractivity contribution < 1.29 is 0 Å². The zero-order chi connectivity index (χ0) is 63.6. The third kappa shape index (κ3) is 9.09. The highest BCUT2D eigenvalue weighted by atomic mass is 28.3. The number of para-hydroxylation sites is 4. The van der Waals surface area contributed by atoms with E-state index < -0.39 is 16.1 Å². The highest BCUT2D eigenvalue weighted by Gasteiger charge is 2.46. The fourth-order valence-electron chi connectivity index (χ4n) is 16.4. The van der Waals surface area contributed by atoms with Crippen LogP contribution in [0.25, 0.3) is 49.7 Å². The van der Waals surface area contributed by atoms with E-state index in [1.54, 1.807) is 0 Å². The Bertz CT molecular complexity index is 5040. The number of rotatable bonds is 13. The molecule has 6 heteroatoms. The molecule has 0 spiro atoms. The lowest BCUT2D eigenvalue weighted by Crippen LogP contribution is -2.74. The Labute approximate surface area is 563 Å². The quantitative estimate of drug-likeness (QED) is 0.0842. The third-order valence-corrected chi connectivity index (χ3v) is 30.0. The van der Waals surface area contributed by atoms with Crippen LogP contribution >= 0.6 is 0 Å². The van der Waals surface area contributed by atoms with Gasteiger partial charge in [0.1, 0.15) is 0 Å². The van der Waals surface area contributed by atoms with Gasteiger partial charge >= 0.3 is 0 Å². The monoisotopic (exact) mass is 1250 g/mol. The van der Waals surface area contributed by atoms with Crippen LogP contribution in [-0.4, -0.2) is 27.4 Å². The van der Waals surface area contributed by atoms with Crippen molar-refractivity contribution in [1.82, 2.24) is 4.57 Å². The van der Waals surface area contributed by atoms with E-state index in [2.05, 4.69) is 403 Å². The van der Waals surface area contributed by atoms with Crippen LogP contribution < -0.4 is 67.7 Å². The molecule has 0 aliphatic carbocycles. The van der Waals surface area contributed by atoms with Gasteiger partial charge in [0, 0.05) is 44.9 Å². The maximum Gasteiger partial charge on any atom is 0.252 e. The minimum absolute atomic E-state index is 0.0686. The second-order valence-corrected chi connectivity index (χ2v) is 33.1. The van der Waals surface area contributed by atoms with Gasteiger partial charge in [-0.2, -0.15) is 0 Å². The van der Waals surface area contributed by atoms with Crippen molar-refractivity contribution in [3.8, 4) is 27.9 Å². The predicted octanol–water partition coefficient (Wildman–Crippen LogP) is 15.0. The van der Waals surface area contributed by atoms with Gasteiger partial charge in [-0.15, -0.1) is 0 Å². The summed E-state index contributed by atoms with van der Waals surface area (Å²) in [5.41, 5.74) is 18.7. The van der Waals surface area contributed by atoms with Crippen molar-refractivity contribution >= 4 is 137 Å². The van der Waals surface area contributed by atoms with Gasteiger partial charge in [-0.1, -0.05) is 328 Å². The van der Waals surface area contributed by atoms with Gasteiger partial charge in [0.25, 0.3) is 6.71 Å². The molecule has 3 heterocycles. The van der Waals surface area contributed by atoms with E-state index in [0.29, 0.717) is 0 Å². The predicted molar refractivity (Wildman–Crippen MR) is 413 cm³/mol. The van der Waals surface area contributed by atoms with Gasteiger partial charge in [0.2, 0.25) is 0 Å². The molecule has 0 amide bonds. The molecule has 450 valence electrons. The first kappa shape index (κ1) is 56.9. The summed E-state index contributed by atoms with van der Waals surface area (Å²) in [6.07, 6.45) is 0. The SMILES string of the molecule is c1ccc([Si](c2ccccc2)(c2ccccc2)c2cccc(-c3cccc(N4c5ccccc5B5c6ccccc6N(c6cccc(-c7cccc([Si](c8ccccc8)(c8ccccc8)c8ccccc8)c7)c6)c6cc(-n7c8ccccc8c8ccccc87)cc4c65)c3)c2)cc1. The Balaban J connectivity index is 0.847. The molecule has 0 fully saturated rings. The number of nitrogens with zero attached hydrogens (tertiary/aromatic N) is 3. The van der Waals surface area contributed by atoms with Crippen molar-refractivity contribution in [2.24, 2.45) is 0 Å². The summed E-state index contributed by atoms with van der Waals surface area (Å²) < 4.78 is 2.50. The third-order valence-electron chi connectivity index (χ3n) is 20.4. The minimum Gasteiger partial charge on any atom is -0.311 e. The van der Waals surface area contributed by atoms with Gasteiger partial charge in [0.05, 0.1) is 16.7 Å². The smallest absolute Gasteiger partial charge is 0.252 e. The Morgan fingerprint density at radius 3 is 0.865 bits per heavy atom. The lowest BCUT2D eigenvalue weighted by molar-refractivity contribution is 1.16. The van der Waals surface area contributed by atoms with Crippen molar-refractivity contribution in [2.75, 3.05) is 9.80 Å². The molecule has 0 saturated heterocycles. The van der Waals surface area contributed by atoms with Gasteiger partial charge < -0.3 is 14.4 Å². The topological polar surface area (TPSA) is 11.4 Å². The largest absolute Gasteiger partial charge is 0.311 e. The Morgan fingerprint density at radius 2 is 0.500 bits per heavy atom.